The van der Waals surface area contributed by atoms with E-state index in [0.717, 1.165) is 0 Å². The highest BCUT2D eigenvalue weighted by Gasteiger charge is 2.99. The van der Waals surface area contributed by atoms with Gasteiger partial charge in [0, 0.05) is 0 Å². The minimum Gasteiger partial charge on any atom is -0.477 e. The second-order valence-electron chi connectivity index (χ2n) is 6.97. The first kappa shape index (κ1) is 36.8. The van der Waals surface area contributed by atoms with Gasteiger partial charge in [-0.3, -0.25) is 0 Å². The van der Waals surface area contributed by atoms with Gasteiger partial charge < -0.3 is 5.11 Å². The molecule has 0 aromatic heterocycles. The number of halogens is 24. The van der Waals surface area contributed by atoms with Crippen LogP contribution in [0, 0.1) is 0 Å². The second-order valence-corrected chi connectivity index (χ2v) is 6.97. The van der Waals surface area contributed by atoms with Crippen molar-refractivity contribution >= 4 is 5.97 Å². The molecule has 39 heavy (non-hydrogen) atoms. The first-order valence-corrected chi connectivity index (χ1v) is 8.06. The summed E-state index contributed by atoms with van der Waals surface area (Å²) in [5, 5.41) is 7.64. The maximum atomic E-state index is 13.5. The highest BCUT2D eigenvalue weighted by molar-refractivity contribution is 5.77. The first-order valence-electron chi connectivity index (χ1n) is 8.06. The van der Waals surface area contributed by atoms with Gasteiger partial charge in [0.15, 0.2) is 0 Å². The van der Waals surface area contributed by atoms with E-state index in [4.69, 9.17) is 5.11 Å². The van der Waals surface area contributed by atoms with Crippen LogP contribution in [0.15, 0.2) is 0 Å². The molecular formula is C13H2F24O2. The van der Waals surface area contributed by atoms with Gasteiger partial charge >= 0.3 is 77.5 Å². The zero-order valence-electron chi connectivity index (χ0n) is 16.5. The molecule has 1 N–H and O–H groups in total. The summed E-state index contributed by atoms with van der Waals surface area (Å²) in [6, 6.07) is 0. The summed E-state index contributed by atoms with van der Waals surface area (Å²) < 4.78 is 314. The average Bonchev–Trinajstić information content (AvgIpc) is 2.71. The lowest BCUT2D eigenvalue weighted by atomic mass is 9.84. The fourth-order valence-corrected chi connectivity index (χ4v) is 2.06. The normalized spacial score (nSPS) is 16.6. The van der Waals surface area contributed by atoms with Gasteiger partial charge in [0.25, 0.3) is 0 Å². The third-order valence-electron chi connectivity index (χ3n) is 4.51. The Kier molecular flexibility index (Phi) is 8.39. The lowest BCUT2D eigenvalue weighted by Crippen LogP contribution is -2.78. The molecule has 0 aliphatic heterocycles. The van der Waals surface area contributed by atoms with Crippen molar-refractivity contribution in [2.45, 2.75) is 71.6 Å². The summed E-state index contributed by atoms with van der Waals surface area (Å²) in [5.41, 5.74) is 0. The van der Waals surface area contributed by atoms with Crippen LogP contribution in [0.1, 0.15) is 0 Å². The van der Waals surface area contributed by atoms with Crippen LogP contribution in [-0.4, -0.2) is 82.6 Å². The van der Waals surface area contributed by atoms with E-state index in [-0.39, 0.29) is 0 Å². The number of rotatable bonds is 12. The fraction of sp³-hybridized carbons (Fsp3) is 0.923. The van der Waals surface area contributed by atoms with E-state index in [0.29, 0.717) is 0 Å². The molecule has 0 amide bonds. The summed E-state index contributed by atoms with van der Waals surface area (Å²) in [4.78, 5) is 9.88. The van der Waals surface area contributed by atoms with E-state index < -0.39 is 77.5 Å². The molecule has 0 unspecified atom stereocenters. The predicted molar refractivity (Wildman–Crippen MR) is 68.1 cm³/mol. The van der Waals surface area contributed by atoms with E-state index in [1.807, 2.05) is 0 Å². The summed E-state index contributed by atoms with van der Waals surface area (Å²) in [7, 11) is 0. The van der Waals surface area contributed by atoms with Crippen LogP contribution in [0.25, 0.3) is 0 Å². The van der Waals surface area contributed by atoms with Crippen molar-refractivity contribution in [3.63, 3.8) is 0 Å². The SMILES string of the molecule is O=C(O)C(F)(F)C(F)(F)C(F)(F)C(F)(F)C(F)(F)C(F)(F)C(F)(F)C(F)(F)C(F)(F)C(F)(F)C(F)(F)C(F)F. The predicted octanol–water partition coefficient (Wildman–Crippen LogP) is 7.32. The van der Waals surface area contributed by atoms with E-state index in [1.54, 1.807) is 0 Å². The smallest absolute Gasteiger partial charge is 0.410 e. The minimum absolute atomic E-state index is 4.64. The lowest BCUT2D eigenvalue weighted by Gasteiger charge is -2.45. The fourth-order valence-electron chi connectivity index (χ4n) is 2.06. The van der Waals surface area contributed by atoms with Crippen LogP contribution in [0.2, 0.25) is 0 Å². The maximum Gasteiger partial charge on any atom is 0.410 e. The van der Waals surface area contributed by atoms with Gasteiger partial charge in [0.1, 0.15) is 0 Å². The molecule has 0 aliphatic rings. The zero-order chi connectivity index (χ0) is 32.7. The Labute approximate surface area is 194 Å². The molecule has 0 heterocycles. The molecule has 2 nitrogen and oxygen atoms in total. The first-order chi connectivity index (χ1) is 16.4. The molecule has 234 valence electrons. The van der Waals surface area contributed by atoms with Crippen molar-refractivity contribution in [2.24, 2.45) is 0 Å². The molecule has 0 saturated heterocycles. The molecule has 0 aromatic carbocycles. The van der Waals surface area contributed by atoms with Gasteiger partial charge in [-0.25, -0.2) is 13.6 Å². The molecule has 26 heteroatoms. The van der Waals surface area contributed by atoms with E-state index in [9.17, 15) is 110 Å². The van der Waals surface area contributed by atoms with Crippen LogP contribution in [0.3, 0.4) is 0 Å². The second kappa shape index (κ2) is 8.89. The molecule has 0 bridgehead atoms. The summed E-state index contributed by atoms with van der Waals surface area (Å²) in [6.07, 6.45) is -6.29. The molecule has 0 spiro atoms. The third kappa shape index (κ3) is 4.10. The van der Waals surface area contributed by atoms with Gasteiger partial charge in [-0.1, -0.05) is 0 Å². The Morgan fingerprint density at radius 1 is 0.385 bits per heavy atom. The average molecular weight is 646 g/mol. The summed E-state index contributed by atoms with van der Waals surface area (Å²) in [5.74, 6) is -103. The van der Waals surface area contributed by atoms with Crippen LogP contribution >= 0.6 is 0 Å². The Hall–Kier alpha value is -2.21. The third-order valence-corrected chi connectivity index (χ3v) is 4.51. The monoisotopic (exact) mass is 646 g/mol. The maximum absolute atomic E-state index is 13.5. The number of hydrogen-bond donors (Lipinski definition) is 1. The number of alkyl halides is 24. The topological polar surface area (TPSA) is 37.3 Å². The number of hydrogen-bond acceptors (Lipinski definition) is 1. The summed E-state index contributed by atoms with van der Waals surface area (Å²) in [6.45, 7) is 0. The van der Waals surface area contributed by atoms with E-state index in [2.05, 4.69) is 0 Å². The van der Waals surface area contributed by atoms with Crippen molar-refractivity contribution < 1.29 is 115 Å². The minimum atomic E-state index is -9.58. The van der Waals surface area contributed by atoms with Gasteiger partial charge in [0.2, 0.25) is 0 Å². The van der Waals surface area contributed by atoms with Crippen LogP contribution in [-0.2, 0) is 4.79 Å². The quantitative estimate of drug-likeness (QED) is 0.226. The number of aliphatic carboxylic acids is 1. The van der Waals surface area contributed by atoms with Crippen molar-refractivity contribution in [3.8, 4) is 0 Å². The van der Waals surface area contributed by atoms with Gasteiger partial charge in [-0.2, -0.15) is 96.6 Å². The van der Waals surface area contributed by atoms with E-state index in [1.165, 1.54) is 0 Å². The Morgan fingerprint density at radius 3 is 0.744 bits per heavy atom. The molecule has 0 aromatic rings. The molecule has 0 saturated carbocycles. The molecule has 0 atom stereocenters. The molecule has 0 fully saturated rings. The highest BCUT2D eigenvalue weighted by atomic mass is 19.4. The standard InChI is InChI=1S/C13H2F24O2/c14-1(15)3(16,17)5(20,21)7(24,25)9(28,29)11(32,33)13(36,37)12(34,35)10(30,31)8(26,27)6(22,23)4(18,19)2(38)39/h1H,(H,38,39). The number of carboxylic acid groups (broad SMARTS) is 1. The number of carbonyl (C=O) groups is 1. The van der Waals surface area contributed by atoms with Gasteiger partial charge in [0.05, 0.1) is 0 Å². The van der Waals surface area contributed by atoms with Crippen LogP contribution in [0.4, 0.5) is 105 Å². The van der Waals surface area contributed by atoms with Crippen LogP contribution in [0.5, 0.6) is 0 Å². The molecular weight excluding hydrogens is 644 g/mol. The molecule has 0 rings (SSSR count). The Bertz CT molecular complexity index is 930. The largest absolute Gasteiger partial charge is 0.477 e. The van der Waals surface area contributed by atoms with Crippen molar-refractivity contribution in [3.05, 3.63) is 0 Å². The van der Waals surface area contributed by atoms with Gasteiger partial charge in [-0.05, 0) is 0 Å². The van der Waals surface area contributed by atoms with Crippen molar-refractivity contribution in [2.75, 3.05) is 0 Å². The Balaban J connectivity index is 7.32. The Morgan fingerprint density at radius 2 is 0.564 bits per heavy atom. The van der Waals surface area contributed by atoms with Gasteiger partial charge in [-0.15, -0.1) is 0 Å². The van der Waals surface area contributed by atoms with Crippen molar-refractivity contribution in [1.29, 1.82) is 0 Å². The lowest BCUT2D eigenvalue weighted by molar-refractivity contribution is -0.475. The zero-order valence-corrected chi connectivity index (χ0v) is 16.5. The highest BCUT2D eigenvalue weighted by Crippen LogP contribution is 2.67. The van der Waals surface area contributed by atoms with Crippen molar-refractivity contribution in [1.82, 2.24) is 0 Å². The number of carboxylic acids is 1. The van der Waals surface area contributed by atoms with E-state index >= 15 is 0 Å². The summed E-state index contributed by atoms with van der Waals surface area (Å²) >= 11 is 0. The van der Waals surface area contributed by atoms with Crippen LogP contribution < -0.4 is 0 Å². The molecule has 0 aliphatic carbocycles. The molecule has 0 radical (unpaired) electrons.